The van der Waals surface area contributed by atoms with Gasteiger partial charge in [-0.25, -0.2) is 0 Å². The number of hydrogen-bond acceptors (Lipinski definition) is 0. The van der Waals surface area contributed by atoms with Crippen LogP contribution in [-0.2, 0) is 0 Å². The summed E-state index contributed by atoms with van der Waals surface area (Å²) in [4.78, 5) is 0. The summed E-state index contributed by atoms with van der Waals surface area (Å²) < 4.78 is 0. The summed E-state index contributed by atoms with van der Waals surface area (Å²) in [5, 5.41) is 5.74. The molecule has 5 rings (SSSR count). The van der Waals surface area contributed by atoms with Crippen LogP contribution in [0, 0.1) is 0 Å². The van der Waals surface area contributed by atoms with Crippen molar-refractivity contribution in [2.24, 2.45) is 0 Å². The van der Waals surface area contributed by atoms with Crippen LogP contribution < -0.4 is 10.6 Å². The van der Waals surface area contributed by atoms with Gasteiger partial charge >= 0.3 is 0 Å². The lowest BCUT2D eigenvalue weighted by molar-refractivity contribution is 0.733. The van der Waals surface area contributed by atoms with Gasteiger partial charge in [-0.2, -0.15) is 0 Å². The highest BCUT2D eigenvalue weighted by Crippen LogP contribution is 2.53. The Balaban J connectivity index is 1.57. The second kappa shape index (κ2) is 7.90. The Morgan fingerprint density at radius 3 is 1.86 bits per heavy atom. The van der Waals surface area contributed by atoms with Crippen LogP contribution >= 0.6 is 7.92 Å². The van der Waals surface area contributed by atoms with Gasteiger partial charge in [0.15, 0.2) is 0 Å². The molecule has 0 spiro atoms. The average Bonchev–Trinajstić information content (AvgIpc) is 3.24. The molecule has 28 heavy (non-hydrogen) atoms. The highest BCUT2D eigenvalue weighted by molar-refractivity contribution is 7.73. The Hall–Kier alpha value is -2.43. The maximum atomic E-state index is 2.45. The molecule has 1 saturated carbocycles. The molecule has 0 amide bonds. The number of rotatable bonds is 4. The van der Waals surface area contributed by atoms with Crippen LogP contribution in [-0.4, -0.2) is 5.66 Å². The zero-order valence-corrected chi connectivity index (χ0v) is 16.9. The summed E-state index contributed by atoms with van der Waals surface area (Å²) in [5.74, 6) is 0.649. The van der Waals surface area contributed by atoms with Crippen LogP contribution in [0.25, 0.3) is 10.8 Å². The van der Waals surface area contributed by atoms with E-state index in [4.69, 9.17) is 0 Å². The Labute approximate surface area is 169 Å². The molecule has 4 aromatic carbocycles. The van der Waals surface area contributed by atoms with E-state index in [0.29, 0.717) is 11.6 Å². The van der Waals surface area contributed by atoms with Gasteiger partial charge in [-0.1, -0.05) is 110 Å². The predicted molar refractivity (Wildman–Crippen MR) is 123 cm³/mol. The van der Waals surface area contributed by atoms with Crippen molar-refractivity contribution in [3.63, 3.8) is 0 Å². The summed E-state index contributed by atoms with van der Waals surface area (Å²) in [6.07, 6.45) is 3.97. The van der Waals surface area contributed by atoms with Crippen LogP contribution in [0.5, 0.6) is 0 Å². The Kier molecular flexibility index (Phi) is 4.98. The van der Waals surface area contributed by atoms with E-state index in [9.17, 15) is 0 Å². The van der Waals surface area contributed by atoms with Crippen molar-refractivity contribution < 1.29 is 0 Å². The van der Waals surface area contributed by atoms with Gasteiger partial charge in [0.1, 0.15) is 0 Å². The summed E-state index contributed by atoms with van der Waals surface area (Å²) >= 11 is 0. The van der Waals surface area contributed by atoms with Crippen LogP contribution in [0.1, 0.15) is 30.7 Å². The second-order valence-electron chi connectivity index (χ2n) is 7.75. The lowest BCUT2D eigenvalue weighted by Crippen LogP contribution is -2.23. The minimum absolute atomic E-state index is 0.358. The molecule has 0 N–H and O–H groups in total. The Bertz CT molecular complexity index is 1020. The van der Waals surface area contributed by atoms with E-state index in [1.807, 2.05) is 0 Å². The molecule has 0 nitrogen and oxygen atoms in total. The molecule has 1 aliphatic rings. The third-order valence-corrected chi connectivity index (χ3v) is 9.07. The first kappa shape index (κ1) is 17.7. The fraction of sp³-hybridized carbons (Fsp3) is 0.185. The summed E-state index contributed by atoms with van der Waals surface area (Å²) in [7, 11) is -0.358. The first-order valence-corrected chi connectivity index (χ1v) is 11.7. The van der Waals surface area contributed by atoms with Gasteiger partial charge in [-0.05, 0) is 59.3 Å². The maximum absolute atomic E-state index is 2.45. The van der Waals surface area contributed by atoms with Crippen molar-refractivity contribution in [3.05, 3.63) is 109 Å². The molecule has 1 heteroatoms. The standard InChI is InChI=1S/C27H25P/c1-3-12-24(13-4-1)28(25-14-5-2-6-15-25)27-17-9-16-26(27)23-19-18-21-10-7-8-11-22(21)20-23/h1-8,10-15,18-20,26-27H,9,16-17H2. The fourth-order valence-corrected chi connectivity index (χ4v) is 7.96. The van der Waals surface area contributed by atoms with E-state index >= 15 is 0 Å². The molecule has 2 unspecified atom stereocenters. The monoisotopic (exact) mass is 380 g/mol. The molecule has 138 valence electrons. The first-order chi connectivity index (χ1) is 13.9. The molecule has 0 heterocycles. The first-order valence-electron chi connectivity index (χ1n) is 10.3. The van der Waals surface area contributed by atoms with Crippen molar-refractivity contribution in [2.75, 3.05) is 0 Å². The Morgan fingerprint density at radius 2 is 1.18 bits per heavy atom. The molecular weight excluding hydrogens is 355 g/mol. The van der Waals surface area contributed by atoms with Gasteiger partial charge < -0.3 is 0 Å². The molecule has 2 atom stereocenters. The van der Waals surface area contributed by atoms with Crippen molar-refractivity contribution in [1.82, 2.24) is 0 Å². The van der Waals surface area contributed by atoms with Gasteiger partial charge in [0.2, 0.25) is 0 Å². The number of hydrogen-bond donors (Lipinski definition) is 0. The topological polar surface area (TPSA) is 0 Å². The fourth-order valence-electron chi connectivity index (χ4n) is 4.79. The highest BCUT2D eigenvalue weighted by Gasteiger charge is 2.36. The average molecular weight is 380 g/mol. The molecule has 0 radical (unpaired) electrons. The molecule has 4 aromatic rings. The van der Waals surface area contributed by atoms with E-state index in [1.165, 1.54) is 46.2 Å². The summed E-state index contributed by atoms with van der Waals surface area (Å²) in [5.41, 5.74) is 2.24. The van der Waals surface area contributed by atoms with Gasteiger partial charge in [-0.15, -0.1) is 0 Å². The van der Waals surface area contributed by atoms with Crippen LogP contribution in [0.3, 0.4) is 0 Å². The number of fused-ring (bicyclic) bond motifs is 1. The van der Waals surface area contributed by atoms with Crippen molar-refractivity contribution >= 4 is 29.3 Å². The SMILES string of the molecule is c1ccc(P(c2ccccc2)C2CCCC2c2ccc3ccccc3c2)cc1. The lowest BCUT2D eigenvalue weighted by Gasteiger charge is -2.30. The van der Waals surface area contributed by atoms with E-state index < -0.39 is 0 Å². The zero-order chi connectivity index (χ0) is 18.8. The second-order valence-corrected chi connectivity index (χ2v) is 10.2. The molecule has 0 aliphatic heterocycles. The molecule has 1 fully saturated rings. The van der Waals surface area contributed by atoms with Gasteiger partial charge in [0.25, 0.3) is 0 Å². The van der Waals surface area contributed by atoms with Crippen LogP contribution in [0.2, 0.25) is 0 Å². The van der Waals surface area contributed by atoms with Crippen LogP contribution in [0.15, 0.2) is 103 Å². The normalized spacial score (nSPS) is 19.3. The summed E-state index contributed by atoms with van der Waals surface area (Å²) in [6, 6.07) is 38.3. The van der Waals surface area contributed by atoms with E-state index in [-0.39, 0.29) is 7.92 Å². The quantitative estimate of drug-likeness (QED) is 0.350. The van der Waals surface area contributed by atoms with Gasteiger partial charge in [0, 0.05) is 0 Å². The largest absolute Gasteiger partial charge is 0.0622 e. The van der Waals surface area contributed by atoms with Crippen molar-refractivity contribution in [3.8, 4) is 0 Å². The smallest absolute Gasteiger partial charge is 0.00599 e. The number of benzene rings is 4. The van der Waals surface area contributed by atoms with Crippen LogP contribution in [0.4, 0.5) is 0 Å². The maximum Gasteiger partial charge on any atom is -0.00599 e. The van der Waals surface area contributed by atoms with Gasteiger partial charge in [-0.3, -0.25) is 0 Å². The zero-order valence-electron chi connectivity index (χ0n) is 16.0. The molecular formula is C27H25P. The van der Waals surface area contributed by atoms with E-state index in [2.05, 4.69) is 103 Å². The van der Waals surface area contributed by atoms with Crippen molar-refractivity contribution in [2.45, 2.75) is 30.8 Å². The predicted octanol–water partition coefficient (Wildman–Crippen LogP) is 6.61. The minimum Gasteiger partial charge on any atom is -0.0622 e. The highest BCUT2D eigenvalue weighted by atomic mass is 31.1. The molecule has 0 bridgehead atoms. The van der Waals surface area contributed by atoms with Crippen molar-refractivity contribution in [1.29, 1.82) is 0 Å². The third kappa shape index (κ3) is 3.38. The lowest BCUT2D eigenvalue weighted by atomic mass is 9.95. The minimum atomic E-state index is -0.358. The Morgan fingerprint density at radius 1 is 0.571 bits per heavy atom. The third-order valence-electron chi connectivity index (χ3n) is 6.08. The van der Waals surface area contributed by atoms with Gasteiger partial charge in [0.05, 0.1) is 0 Å². The van der Waals surface area contributed by atoms with E-state index in [0.717, 1.165) is 0 Å². The molecule has 0 saturated heterocycles. The molecule has 1 aliphatic carbocycles. The van der Waals surface area contributed by atoms with E-state index in [1.54, 1.807) is 0 Å². The summed E-state index contributed by atoms with van der Waals surface area (Å²) in [6.45, 7) is 0. The molecule has 0 aromatic heterocycles.